The lowest BCUT2D eigenvalue weighted by atomic mass is 10.2. The molecule has 3 aromatic rings. The molecule has 2 nitrogen and oxygen atoms in total. The monoisotopic (exact) mass is 269 g/mol. The molecule has 19 heavy (non-hydrogen) atoms. The van der Waals surface area contributed by atoms with E-state index >= 15 is 0 Å². The largest absolute Gasteiger partial charge is 0.249 e. The molecule has 0 atom stereocenters. The molecule has 0 unspecified atom stereocenters. The summed E-state index contributed by atoms with van der Waals surface area (Å²) in [5, 5.41) is 0.766. The molecule has 0 aliphatic carbocycles. The number of hydrogen-bond acceptors (Lipinski definition) is 0. The Kier molecular flexibility index (Phi) is 3.10. The molecule has 0 N–H and O–H groups in total. The van der Waals surface area contributed by atoms with Crippen LogP contribution >= 0.6 is 11.6 Å². The normalized spacial score (nSPS) is 10.8. The third-order valence-corrected chi connectivity index (χ3v) is 3.45. The van der Waals surface area contributed by atoms with Gasteiger partial charge in [-0.2, -0.15) is 0 Å². The van der Waals surface area contributed by atoms with Crippen molar-refractivity contribution < 1.29 is 4.57 Å². The summed E-state index contributed by atoms with van der Waals surface area (Å²) in [6.45, 7) is 4.66. The van der Waals surface area contributed by atoms with Crippen LogP contribution in [0.2, 0.25) is 5.02 Å². The van der Waals surface area contributed by atoms with Crippen molar-refractivity contribution in [2.75, 3.05) is 0 Å². The van der Waals surface area contributed by atoms with Gasteiger partial charge in [-0.3, -0.25) is 0 Å². The van der Waals surface area contributed by atoms with E-state index in [1.165, 1.54) is 11.1 Å². The minimum absolute atomic E-state index is 0.766. The number of aromatic nitrogens is 2. The number of hydrogen-bond donors (Lipinski definition) is 0. The number of rotatable bonds is 3. The Morgan fingerprint density at radius 2 is 1.84 bits per heavy atom. The topological polar surface area (TPSA) is 8.81 Å². The van der Waals surface area contributed by atoms with E-state index in [0.717, 1.165) is 17.1 Å². The van der Waals surface area contributed by atoms with Gasteiger partial charge in [-0.05, 0) is 29.8 Å². The van der Waals surface area contributed by atoms with Gasteiger partial charge < -0.3 is 0 Å². The van der Waals surface area contributed by atoms with E-state index in [1.54, 1.807) is 0 Å². The molecular formula is C16H14ClN2+. The molecule has 1 heterocycles. The van der Waals surface area contributed by atoms with Crippen LogP contribution in [0.4, 0.5) is 0 Å². The van der Waals surface area contributed by atoms with Gasteiger partial charge in [0.15, 0.2) is 11.0 Å². The first-order valence-electron chi connectivity index (χ1n) is 6.14. The fourth-order valence-electron chi connectivity index (χ4n) is 2.26. The molecule has 0 bridgehead atoms. The summed E-state index contributed by atoms with van der Waals surface area (Å²) in [6, 6.07) is 16.2. The highest BCUT2D eigenvalue weighted by atomic mass is 35.5. The zero-order valence-electron chi connectivity index (χ0n) is 10.5. The first-order chi connectivity index (χ1) is 9.28. The van der Waals surface area contributed by atoms with Gasteiger partial charge in [0.05, 0.1) is 6.20 Å². The number of benzene rings is 2. The van der Waals surface area contributed by atoms with E-state index in [9.17, 15) is 0 Å². The molecule has 3 heteroatoms. The van der Waals surface area contributed by atoms with Crippen molar-refractivity contribution in [1.82, 2.24) is 4.57 Å². The predicted octanol–water partition coefficient (Wildman–Crippen LogP) is 3.73. The Labute approximate surface area is 117 Å². The van der Waals surface area contributed by atoms with Gasteiger partial charge in [-0.25, -0.2) is 9.13 Å². The van der Waals surface area contributed by atoms with E-state index in [2.05, 4.69) is 41.7 Å². The molecule has 0 amide bonds. The van der Waals surface area contributed by atoms with E-state index in [4.69, 9.17) is 11.6 Å². The van der Waals surface area contributed by atoms with Crippen molar-refractivity contribution in [3.05, 3.63) is 72.0 Å². The highest BCUT2D eigenvalue weighted by molar-refractivity contribution is 6.30. The van der Waals surface area contributed by atoms with Gasteiger partial charge >= 0.3 is 0 Å². The van der Waals surface area contributed by atoms with Gasteiger partial charge in [0, 0.05) is 5.02 Å². The minimum atomic E-state index is 0.766. The fourth-order valence-corrected chi connectivity index (χ4v) is 2.38. The van der Waals surface area contributed by atoms with Gasteiger partial charge in [0.25, 0.3) is 0 Å². The van der Waals surface area contributed by atoms with Crippen molar-refractivity contribution in [3.63, 3.8) is 0 Å². The number of imidazole rings is 1. The maximum atomic E-state index is 5.91. The van der Waals surface area contributed by atoms with Crippen LogP contribution in [0, 0.1) is 0 Å². The molecule has 0 saturated heterocycles. The van der Waals surface area contributed by atoms with E-state index in [-0.39, 0.29) is 0 Å². The lowest BCUT2D eigenvalue weighted by Crippen LogP contribution is -2.32. The first-order valence-corrected chi connectivity index (χ1v) is 6.52. The van der Waals surface area contributed by atoms with Gasteiger partial charge in [0.2, 0.25) is 6.33 Å². The van der Waals surface area contributed by atoms with Crippen molar-refractivity contribution in [3.8, 4) is 0 Å². The van der Waals surface area contributed by atoms with Gasteiger partial charge in [0.1, 0.15) is 6.54 Å². The van der Waals surface area contributed by atoms with E-state index in [1.807, 2.05) is 35.0 Å². The Balaban J connectivity index is 2.05. The van der Waals surface area contributed by atoms with Crippen LogP contribution in [-0.4, -0.2) is 4.57 Å². The standard InChI is InChI=1S/C16H14ClN2/c1-2-18-12-19(16-6-4-3-5-15(16)18)11-13-7-9-14(17)10-8-13/h2-10,12H,1,11H2/q+1. The Bertz CT molecular complexity index is 726. The van der Waals surface area contributed by atoms with Crippen LogP contribution in [0.1, 0.15) is 5.56 Å². The lowest BCUT2D eigenvalue weighted by molar-refractivity contribution is -0.662. The Hall–Kier alpha value is -2.06. The smallest absolute Gasteiger partial charge is 0.225 e. The number of halogens is 1. The summed E-state index contributed by atoms with van der Waals surface area (Å²) in [7, 11) is 0. The summed E-state index contributed by atoms with van der Waals surface area (Å²) < 4.78 is 4.24. The molecule has 3 rings (SSSR count). The zero-order valence-corrected chi connectivity index (χ0v) is 11.2. The molecule has 0 saturated carbocycles. The summed E-state index contributed by atoms with van der Waals surface area (Å²) in [4.78, 5) is 0. The maximum absolute atomic E-state index is 5.91. The summed E-state index contributed by atoms with van der Waals surface area (Å²) in [5.74, 6) is 0. The fraction of sp³-hybridized carbons (Fsp3) is 0.0625. The first kappa shape index (κ1) is 12.0. The third kappa shape index (κ3) is 2.27. The average molecular weight is 270 g/mol. The summed E-state index contributed by atoms with van der Waals surface area (Å²) in [6.07, 6.45) is 3.88. The van der Waals surface area contributed by atoms with Crippen LogP contribution in [-0.2, 0) is 6.54 Å². The van der Waals surface area contributed by atoms with E-state index in [0.29, 0.717) is 0 Å². The number of fused-ring (bicyclic) bond motifs is 1. The Morgan fingerprint density at radius 3 is 2.58 bits per heavy atom. The van der Waals surface area contributed by atoms with Crippen LogP contribution in [0.3, 0.4) is 0 Å². The van der Waals surface area contributed by atoms with Crippen molar-refractivity contribution >= 4 is 28.8 Å². The quantitative estimate of drug-likeness (QED) is 0.641. The van der Waals surface area contributed by atoms with Crippen LogP contribution < -0.4 is 4.57 Å². The molecule has 1 aromatic heterocycles. The third-order valence-electron chi connectivity index (χ3n) is 3.20. The second kappa shape index (κ2) is 4.90. The van der Waals surface area contributed by atoms with Crippen LogP contribution in [0.15, 0.2) is 61.4 Å². The molecular weight excluding hydrogens is 256 g/mol. The summed E-state index contributed by atoms with van der Waals surface area (Å²) in [5.41, 5.74) is 3.57. The number of para-hydroxylation sites is 2. The van der Waals surface area contributed by atoms with E-state index < -0.39 is 0 Å². The molecule has 0 aliphatic rings. The lowest BCUT2D eigenvalue weighted by Gasteiger charge is -1.99. The van der Waals surface area contributed by atoms with Crippen molar-refractivity contribution in [1.29, 1.82) is 0 Å². The van der Waals surface area contributed by atoms with Crippen LogP contribution in [0.25, 0.3) is 17.2 Å². The average Bonchev–Trinajstić information content (AvgIpc) is 2.80. The maximum Gasteiger partial charge on any atom is 0.249 e. The zero-order chi connectivity index (χ0) is 13.2. The molecule has 0 fully saturated rings. The minimum Gasteiger partial charge on any atom is -0.225 e. The molecule has 0 aliphatic heterocycles. The highest BCUT2D eigenvalue weighted by Crippen LogP contribution is 2.13. The van der Waals surface area contributed by atoms with Crippen molar-refractivity contribution in [2.45, 2.75) is 6.54 Å². The Morgan fingerprint density at radius 1 is 1.11 bits per heavy atom. The molecule has 2 aromatic carbocycles. The van der Waals surface area contributed by atoms with Crippen molar-refractivity contribution in [2.24, 2.45) is 0 Å². The number of nitrogens with zero attached hydrogens (tertiary/aromatic N) is 2. The second-order valence-electron chi connectivity index (χ2n) is 4.45. The summed E-state index contributed by atoms with van der Waals surface area (Å²) >= 11 is 5.91. The molecule has 94 valence electrons. The SMILES string of the molecule is C=Cn1c[n+](Cc2ccc(Cl)cc2)c2ccccc21. The highest BCUT2D eigenvalue weighted by Gasteiger charge is 2.13. The van der Waals surface area contributed by atoms with Gasteiger partial charge in [-0.1, -0.05) is 42.4 Å². The molecule has 0 spiro atoms. The second-order valence-corrected chi connectivity index (χ2v) is 4.88. The van der Waals surface area contributed by atoms with Gasteiger partial charge in [-0.15, -0.1) is 0 Å². The molecule has 0 radical (unpaired) electrons. The van der Waals surface area contributed by atoms with Crippen LogP contribution in [0.5, 0.6) is 0 Å². The predicted molar refractivity (Wildman–Crippen MR) is 79.1 cm³/mol.